The molecule has 110 valence electrons. The van der Waals surface area contributed by atoms with Crippen molar-refractivity contribution in [3.8, 4) is 11.5 Å². The Hall–Kier alpha value is -2.28. The third-order valence-corrected chi connectivity index (χ3v) is 3.68. The van der Waals surface area contributed by atoms with Gasteiger partial charge in [-0.15, -0.1) is 0 Å². The number of rotatable bonds is 2. The Bertz CT molecular complexity index is 652. The highest BCUT2D eigenvalue weighted by Crippen LogP contribution is 2.27. The van der Waals surface area contributed by atoms with E-state index in [-0.39, 0.29) is 0 Å². The highest BCUT2D eigenvalue weighted by Gasteiger charge is 2.24. The second kappa shape index (κ2) is 5.61. The maximum absolute atomic E-state index is 10.9. The van der Waals surface area contributed by atoms with E-state index in [9.17, 15) is 4.79 Å². The number of hydrogen-bond acceptors (Lipinski definition) is 5. The van der Waals surface area contributed by atoms with Crippen LogP contribution in [-0.2, 0) is 0 Å². The molecule has 0 spiro atoms. The first-order valence-electron chi connectivity index (χ1n) is 6.46. The topological polar surface area (TPSA) is 82.7 Å². The standard InChI is InChI=1S/C13H13ClN4O3/c14-10-4-2-1-3-9(10)11-15-12(16-21-11)17-5-7-18(8-6-17)13(19)20/h1-4H,5-8H2,(H,19,20). The quantitative estimate of drug-likeness (QED) is 0.915. The van der Waals surface area contributed by atoms with Crippen molar-refractivity contribution in [1.82, 2.24) is 15.0 Å². The highest BCUT2D eigenvalue weighted by atomic mass is 35.5. The summed E-state index contributed by atoms with van der Waals surface area (Å²) in [4.78, 5) is 18.5. The van der Waals surface area contributed by atoms with E-state index in [1.807, 2.05) is 23.1 Å². The summed E-state index contributed by atoms with van der Waals surface area (Å²) in [7, 11) is 0. The zero-order valence-electron chi connectivity index (χ0n) is 11.1. The first-order valence-corrected chi connectivity index (χ1v) is 6.84. The summed E-state index contributed by atoms with van der Waals surface area (Å²) in [5.74, 6) is 0.811. The molecule has 1 amide bonds. The molecular formula is C13H13ClN4O3. The number of amides is 1. The largest absolute Gasteiger partial charge is 0.465 e. The molecule has 1 aromatic carbocycles. The maximum Gasteiger partial charge on any atom is 0.407 e. The lowest BCUT2D eigenvalue weighted by molar-refractivity contribution is 0.142. The van der Waals surface area contributed by atoms with Crippen LogP contribution in [0.3, 0.4) is 0 Å². The second-order valence-electron chi connectivity index (χ2n) is 4.64. The average Bonchev–Trinajstić information content (AvgIpc) is 2.97. The van der Waals surface area contributed by atoms with Gasteiger partial charge in [0.25, 0.3) is 11.8 Å². The van der Waals surface area contributed by atoms with Crippen LogP contribution in [0.5, 0.6) is 0 Å². The molecule has 2 heterocycles. The Balaban J connectivity index is 1.74. The monoisotopic (exact) mass is 308 g/mol. The van der Waals surface area contributed by atoms with E-state index in [2.05, 4.69) is 10.1 Å². The van der Waals surface area contributed by atoms with Gasteiger partial charge in [0.2, 0.25) is 0 Å². The molecule has 0 saturated carbocycles. The van der Waals surface area contributed by atoms with Crippen molar-refractivity contribution in [2.24, 2.45) is 0 Å². The van der Waals surface area contributed by atoms with Crippen LogP contribution in [0.2, 0.25) is 5.02 Å². The van der Waals surface area contributed by atoms with Crippen molar-refractivity contribution in [1.29, 1.82) is 0 Å². The van der Waals surface area contributed by atoms with E-state index in [4.69, 9.17) is 21.2 Å². The minimum atomic E-state index is -0.903. The molecular weight excluding hydrogens is 296 g/mol. The fraction of sp³-hybridized carbons (Fsp3) is 0.308. The van der Waals surface area contributed by atoms with E-state index in [0.29, 0.717) is 48.6 Å². The summed E-state index contributed by atoms with van der Waals surface area (Å²) in [6, 6.07) is 7.24. The third kappa shape index (κ3) is 2.78. The van der Waals surface area contributed by atoms with Gasteiger partial charge in [-0.25, -0.2) is 4.79 Å². The number of benzene rings is 1. The lowest BCUT2D eigenvalue weighted by Gasteiger charge is -2.31. The fourth-order valence-corrected chi connectivity index (χ4v) is 2.40. The summed E-state index contributed by atoms with van der Waals surface area (Å²) in [6.45, 7) is 1.91. The van der Waals surface area contributed by atoms with E-state index in [0.717, 1.165) is 0 Å². The average molecular weight is 309 g/mol. The predicted molar refractivity (Wildman–Crippen MR) is 76.6 cm³/mol. The SMILES string of the molecule is O=C(O)N1CCN(c2noc(-c3ccccc3Cl)n2)CC1. The van der Waals surface area contributed by atoms with Gasteiger partial charge in [-0.3, -0.25) is 0 Å². The number of aromatic nitrogens is 2. The van der Waals surface area contributed by atoms with Crippen LogP contribution >= 0.6 is 11.6 Å². The lowest BCUT2D eigenvalue weighted by Crippen LogP contribution is -2.48. The predicted octanol–water partition coefficient (Wildman–Crippen LogP) is 2.19. The summed E-state index contributed by atoms with van der Waals surface area (Å²) in [5.41, 5.74) is 0.682. The minimum Gasteiger partial charge on any atom is -0.465 e. The number of anilines is 1. The van der Waals surface area contributed by atoms with Crippen molar-refractivity contribution < 1.29 is 14.4 Å². The lowest BCUT2D eigenvalue weighted by atomic mass is 10.2. The molecule has 0 aliphatic carbocycles. The van der Waals surface area contributed by atoms with Crippen molar-refractivity contribution in [3.05, 3.63) is 29.3 Å². The molecule has 8 heteroatoms. The molecule has 1 aliphatic heterocycles. The molecule has 0 radical (unpaired) electrons. The first-order chi connectivity index (χ1) is 10.1. The molecule has 21 heavy (non-hydrogen) atoms. The molecule has 1 fully saturated rings. The zero-order chi connectivity index (χ0) is 14.8. The molecule has 0 unspecified atom stereocenters. The molecule has 3 rings (SSSR count). The van der Waals surface area contributed by atoms with Crippen LogP contribution in [0.25, 0.3) is 11.5 Å². The van der Waals surface area contributed by atoms with Crippen LogP contribution in [0, 0.1) is 0 Å². The van der Waals surface area contributed by atoms with Crippen LogP contribution < -0.4 is 4.90 Å². The van der Waals surface area contributed by atoms with Gasteiger partial charge < -0.3 is 19.4 Å². The van der Waals surface area contributed by atoms with Gasteiger partial charge in [0.1, 0.15) is 0 Å². The summed E-state index contributed by atoms with van der Waals surface area (Å²) in [6.07, 6.45) is -0.903. The molecule has 1 aromatic heterocycles. The summed E-state index contributed by atoms with van der Waals surface area (Å²) >= 11 is 6.09. The van der Waals surface area contributed by atoms with E-state index >= 15 is 0 Å². The van der Waals surface area contributed by atoms with Crippen LogP contribution in [-0.4, -0.2) is 52.4 Å². The normalized spacial score (nSPS) is 15.3. The van der Waals surface area contributed by atoms with E-state index in [1.165, 1.54) is 4.90 Å². The fourth-order valence-electron chi connectivity index (χ4n) is 2.19. The Labute approximate surface area is 125 Å². The Morgan fingerprint density at radius 1 is 1.24 bits per heavy atom. The summed E-state index contributed by atoms with van der Waals surface area (Å²) < 4.78 is 5.24. The van der Waals surface area contributed by atoms with Gasteiger partial charge in [-0.05, 0) is 17.3 Å². The molecule has 7 nitrogen and oxygen atoms in total. The van der Waals surface area contributed by atoms with Crippen molar-refractivity contribution in [3.63, 3.8) is 0 Å². The molecule has 0 atom stereocenters. The van der Waals surface area contributed by atoms with Crippen LogP contribution in [0.15, 0.2) is 28.8 Å². The van der Waals surface area contributed by atoms with Gasteiger partial charge in [0.15, 0.2) is 0 Å². The Morgan fingerprint density at radius 2 is 1.95 bits per heavy atom. The maximum atomic E-state index is 10.9. The highest BCUT2D eigenvalue weighted by molar-refractivity contribution is 6.33. The van der Waals surface area contributed by atoms with Gasteiger partial charge in [-0.1, -0.05) is 23.7 Å². The number of carboxylic acid groups (broad SMARTS) is 1. The third-order valence-electron chi connectivity index (χ3n) is 3.35. The molecule has 2 aromatic rings. The number of piperazine rings is 1. The molecule has 1 N–H and O–H groups in total. The van der Waals surface area contributed by atoms with Crippen molar-refractivity contribution in [2.45, 2.75) is 0 Å². The molecule has 0 bridgehead atoms. The number of halogens is 1. The van der Waals surface area contributed by atoms with Gasteiger partial charge >= 0.3 is 6.09 Å². The van der Waals surface area contributed by atoms with Gasteiger partial charge in [-0.2, -0.15) is 4.98 Å². The van der Waals surface area contributed by atoms with Crippen LogP contribution in [0.4, 0.5) is 10.7 Å². The minimum absolute atomic E-state index is 0.358. The van der Waals surface area contributed by atoms with E-state index < -0.39 is 6.09 Å². The van der Waals surface area contributed by atoms with Gasteiger partial charge in [0, 0.05) is 26.2 Å². The number of hydrogen-bond donors (Lipinski definition) is 1. The van der Waals surface area contributed by atoms with Gasteiger partial charge in [0.05, 0.1) is 10.6 Å². The van der Waals surface area contributed by atoms with Crippen LogP contribution in [0.1, 0.15) is 0 Å². The Kier molecular flexibility index (Phi) is 3.66. The number of carbonyl (C=O) groups is 1. The molecule has 1 aliphatic rings. The Morgan fingerprint density at radius 3 is 2.62 bits per heavy atom. The second-order valence-corrected chi connectivity index (χ2v) is 5.04. The van der Waals surface area contributed by atoms with Crippen molar-refractivity contribution >= 4 is 23.6 Å². The smallest absolute Gasteiger partial charge is 0.407 e. The summed E-state index contributed by atoms with van der Waals surface area (Å²) in [5, 5.41) is 13.4. The number of nitrogens with zero attached hydrogens (tertiary/aromatic N) is 4. The first kappa shape index (κ1) is 13.7. The zero-order valence-corrected chi connectivity index (χ0v) is 11.8. The molecule has 1 saturated heterocycles. The van der Waals surface area contributed by atoms with Crippen molar-refractivity contribution in [2.75, 3.05) is 31.1 Å². The van der Waals surface area contributed by atoms with E-state index in [1.54, 1.807) is 6.07 Å².